The third kappa shape index (κ3) is 2.86. The van der Waals surface area contributed by atoms with Crippen molar-refractivity contribution in [2.45, 2.75) is 13.8 Å². The maximum Gasteiger partial charge on any atom is 0.126 e. The van der Waals surface area contributed by atoms with Gasteiger partial charge < -0.3 is 5.32 Å². The molecule has 2 aromatic rings. The molecule has 18 heavy (non-hydrogen) atoms. The monoisotopic (exact) mass is 240 g/mol. The van der Waals surface area contributed by atoms with Crippen LogP contribution in [0.1, 0.15) is 16.7 Å². The van der Waals surface area contributed by atoms with Gasteiger partial charge in [-0.25, -0.2) is 4.39 Å². The van der Waals surface area contributed by atoms with E-state index < -0.39 is 5.82 Å². The fraction of sp³-hybridized carbons (Fsp3) is 0.133. The highest BCUT2D eigenvalue weighted by Crippen LogP contribution is 2.21. The fourth-order valence-electron chi connectivity index (χ4n) is 1.94. The summed E-state index contributed by atoms with van der Waals surface area (Å²) in [6.07, 6.45) is 0. The molecule has 0 unspecified atom stereocenters. The van der Waals surface area contributed by atoms with Gasteiger partial charge in [0.15, 0.2) is 0 Å². The maximum atomic E-state index is 13.3. The molecule has 0 aliphatic rings. The zero-order valence-corrected chi connectivity index (χ0v) is 10.3. The van der Waals surface area contributed by atoms with Crippen molar-refractivity contribution < 1.29 is 4.39 Å². The average Bonchev–Trinajstić information content (AvgIpc) is 2.26. The highest BCUT2D eigenvalue weighted by molar-refractivity contribution is 5.62. The van der Waals surface area contributed by atoms with Crippen molar-refractivity contribution in [1.29, 1.82) is 5.26 Å². The van der Waals surface area contributed by atoms with E-state index in [2.05, 4.69) is 11.4 Å². The van der Waals surface area contributed by atoms with Crippen molar-refractivity contribution in [1.82, 2.24) is 0 Å². The Kier molecular flexibility index (Phi) is 3.29. The van der Waals surface area contributed by atoms with Gasteiger partial charge in [-0.1, -0.05) is 6.07 Å². The first-order valence-corrected chi connectivity index (χ1v) is 5.63. The van der Waals surface area contributed by atoms with E-state index in [9.17, 15) is 4.39 Å². The van der Waals surface area contributed by atoms with Crippen molar-refractivity contribution in [3.63, 3.8) is 0 Å². The number of benzene rings is 2. The largest absolute Gasteiger partial charge is 0.355 e. The van der Waals surface area contributed by atoms with Gasteiger partial charge in [0.05, 0.1) is 11.6 Å². The average molecular weight is 240 g/mol. The van der Waals surface area contributed by atoms with E-state index in [4.69, 9.17) is 5.26 Å². The van der Waals surface area contributed by atoms with Crippen LogP contribution in [0, 0.1) is 31.0 Å². The molecule has 0 heterocycles. The van der Waals surface area contributed by atoms with E-state index in [0.717, 1.165) is 16.8 Å². The van der Waals surface area contributed by atoms with Gasteiger partial charge in [-0.15, -0.1) is 0 Å². The summed E-state index contributed by atoms with van der Waals surface area (Å²) < 4.78 is 13.3. The minimum absolute atomic E-state index is 0.307. The van der Waals surface area contributed by atoms with Gasteiger partial charge in [0.1, 0.15) is 5.82 Å². The van der Waals surface area contributed by atoms with Crippen LogP contribution in [0.2, 0.25) is 0 Å². The molecule has 0 aliphatic heterocycles. The molecule has 0 aliphatic carbocycles. The molecular formula is C15H13FN2. The summed E-state index contributed by atoms with van der Waals surface area (Å²) in [5, 5.41) is 11.9. The SMILES string of the molecule is Cc1cc(C)cc(Nc2cc(F)cc(C#N)c2)c1. The number of nitrogens with zero attached hydrogens (tertiary/aromatic N) is 1. The number of aryl methyl sites for hydroxylation is 2. The number of hydrogen-bond acceptors (Lipinski definition) is 2. The Morgan fingerprint density at radius 2 is 1.56 bits per heavy atom. The zero-order chi connectivity index (χ0) is 13.1. The van der Waals surface area contributed by atoms with Crippen LogP contribution in [-0.4, -0.2) is 0 Å². The minimum Gasteiger partial charge on any atom is -0.355 e. The lowest BCUT2D eigenvalue weighted by molar-refractivity contribution is 0.628. The van der Waals surface area contributed by atoms with Crippen molar-refractivity contribution in [2.75, 3.05) is 5.32 Å². The Balaban J connectivity index is 2.34. The lowest BCUT2D eigenvalue weighted by Crippen LogP contribution is -1.93. The third-order valence-electron chi connectivity index (χ3n) is 2.54. The molecule has 0 saturated heterocycles. The Labute approximate surface area is 106 Å². The van der Waals surface area contributed by atoms with Crippen molar-refractivity contribution in [3.8, 4) is 6.07 Å². The number of halogens is 1. The molecule has 0 fully saturated rings. The molecule has 1 N–H and O–H groups in total. The Hall–Kier alpha value is -2.34. The van der Waals surface area contributed by atoms with E-state index >= 15 is 0 Å². The van der Waals surface area contributed by atoms with Crippen LogP contribution in [0.15, 0.2) is 36.4 Å². The maximum absolute atomic E-state index is 13.3. The molecule has 3 heteroatoms. The number of anilines is 2. The van der Waals surface area contributed by atoms with E-state index in [1.807, 2.05) is 32.0 Å². The highest BCUT2D eigenvalue weighted by Gasteiger charge is 2.02. The predicted octanol–water partition coefficient (Wildman–Crippen LogP) is 4.06. The van der Waals surface area contributed by atoms with E-state index in [0.29, 0.717) is 11.3 Å². The molecule has 0 amide bonds. The van der Waals surface area contributed by atoms with E-state index in [-0.39, 0.29) is 0 Å². The molecule has 2 nitrogen and oxygen atoms in total. The van der Waals surface area contributed by atoms with Gasteiger partial charge in [0, 0.05) is 11.4 Å². The van der Waals surface area contributed by atoms with Crippen molar-refractivity contribution in [3.05, 3.63) is 58.9 Å². The second-order valence-electron chi connectivity index (χ2n) is 4.34. The molecule has 0 atom stereocenters. The van der Waals surface area contributed by atoms with Crippen LogP contribution in [-0.2, 0) is 0 Å². The van der Waals surface area contributed by atoms with Crippen LogP contribution < -0.4 is 5.32 Å². The van der Waals surface area contributed by atoms with E-state index in [1.165, 1.54) is 12.1 Å². The Bertz CT molecular complexity index is 607. The molecule has 2 rings (SSSR count). The molecule has 0 spiro atoms. The summed E-state index contributed by atoms with van der Waals surface area (Å²) in [4.78, 5) is 0. The lowest BCUT2D eigenvalue weighted by Gasteiger charge is -2.09. The molecule has 0 saturated carbocycles. The third-order valence-corrected chi connectivity index (χ3v) is 2.54. The van der Waals surface area contributed by atoms with Crippen LogP contribution in [0.5, 0.6) is 0 Å². The van der Waals surface area contributed by atoms with Gasteiger partial charge >= 0.3 is 0 Å². The topological polar surface area (TPSA) is 35.8 Å². The predicted molar refractivity (Wildman–Crippen MR) is 70.3 cm³/mol. The smallest absolute Gasteiger partial charge is 0.126 e. The summed E-state index contributed by atoms with van der Waals surface area (Å²) in [6, 6.07) is 12.2. The number of hydrogen-bond donors (Lipinski definition) is 1. The summed E-state index contributed by atoms with van der Waals surface area (Å²) in [6.45, 7) is 4.01. The molecule has 90 valence electrons. The number of rotatable bonds is 2. The van der Waals surface area contributed by atoms with Crippen molar-refractivity contribution in [2.24, 2.45) is 0 Å². The number of nitrogens with one attached hydrogen (secondary N) is 1. The van der Waals surface area contributed by atoms with Gasteiger partial charge in [-0.3, -0.25) is 0 Å². The van der Waals surface area contributed by atoms with Gasteiger partial charge in [0.25, 0.3) is 0 Å². The van der Waals surface area contributed by atoms with Gasteiger partial charge in [0.2, 0.25) is 0 Å². The normalized spacial score (nSPS) is 9.89. The first-order chi connectivity index (χ1) is 8.56. The standard InChI is InChI=1S/C15H13FN2/c1-10-3-11(2)5-14(4-10)18-15-7-12(9-17)6-13(16)8-15/h3-8,18H,1-2H3. The summed E-state index contributed by atoms with van der Waals surface area (Å²) in [5.41, 5.74) is 4.05. The highest BCUT2D eigenvalue weighted by atomic mass is 19.1. The molecule has 0 bridgehead atoms. The van der Waals surface area contributed by atoms with Gasteiger partial charge in [-0.2, -0.15) is 5.26 Å². The molecule has 2 aromatic carbocycles. The van der Waals surface area contributed by atoms with Crippen LogP contribution in [0.3, 0.4) is 0 Å². The Morgan fingerprint density at radius 3 is 2.17 bits per heavy atom. The van der Waals surface area contributed by atoms with Crippen LogP contribution in [0.25, 0.3) is 0 Å². The second-order valence-corrected chi connectivity index (χ2v) is 4.34. The molecule has 0 aromatic heterocycles. The Morgan fingerprint density at radius 1 is 0.944 bits per heavy atom. The minimum atomic E-state index is -0.416. The number of nitriles is 1. The first-order valence-electron chi connectivity index (χ1n) is 5.63. The van der Waals surface area contributed by atoms with E-state index in [1.54, 1.807) is 6.07 Å². The first kappa shape index (κ1) is 12.1. The van der Waals surface area contributed by atoms with Crippen LogP contribution in [0.4, 0.5) is 15.8 Å². The summed E-state index contributed by atoms with van der Waals surface area (Å²) in [7, 11) is 0. The molecule has 0 radical (unpaired) electrons. The second kappa shape index (κ2) is 4.89. The fourth-order valence-corrected chi connectivity index (χ4v) is 1.94. The lowest BCUT2D eigenvalue weighted by atomic mass is 10.1. The van der Waals surface area contributed by atoms with Crippen LogP contribution >= 0.6 is 0 Å². The molecular weight excluding hydrogens is 227 g/mol. The quantitative estimate of drug-likeness (QED) is 0.859. The summed E-state index contributed by atoms with van der Waals surface area (Å²) >= 11 is 0. The van der Waals surface area contributed by atoms with Crippen molar-refractivity contribution >= 4 is 11.4 Å². The zero-order valence-electron chi connectivity index (χ0n) is 10.3. The van der Waals surface area contributed by atoms with Gasteiger partial charge in [-0.05, 0) is 55.3 Å². The summed E-state index contributed by atoms with van der Waals surface area (Å²) in [5.74, 6) is -0.416.